The van der Waals surface area contributed by atoms with Crippen molar-refractivity contribution in [2.24, 2.45) is 5.92 Å². The Hall–Kier alpha value is -2.90. The quantitative estimate of drug-likeness (QED) is 0.376. The van der Waals surface area contributed by atoms with Gasteiger partial charge in [-0.3, -0.25) is 19.7 Å². The Labute approximate surface area is 119 Å². The smallest absolute Gasteiger partial charge is 0.323 e. The summed E-state index contributed by atoms with van der Waals surface area (Å²) in [5.74, 6) is -3.58. The summed E-state index contributed by atoms with van der Waals surface area (Å²) in [6.45, 7) is 0. The second-order valence-electron chi connectivity index (χ2n) is 3.86. The Morgan fingerprint density at radius 2 is 1.86 bits per heavy atom. The van der Waals surface area contributed by atoms with Crippen LogP contribution in [0.1, 0.15) is 5.56 Å². The summed E-state index contributed by atoms with van der Waals surface area (Å²) in [5, 5.41) is 20.4. The van der Waals surface area contributed by atoms with Crippen molar-refractivity contribution in [2.75, 3.05) is 14.2 Å². The number of hydrogen-bond acceptors (Lipinski definition) is 7. The van der Waals surface area contributed by atoms with Gasteiger partial charge in [0.1, 0.15) is 0 Å². The largest absolute Gasteiger partial charge is 0.502 e. The maximum atomic E-state index is 11.5. The summed E-state index contributed by atoms with van der Waals surface area (Å²) in [6.07, 6.45) is 2.29. The maximum Gasteiger partial charge on any atom is 0.323 e. The van der Waals surface area contributed by atoms with Crippen LogP contribution in [-0.2, 0) is 19.1 Å². The van der Waals surface area contributed by atoms with Gasteiger partial charge in [0.25, 0.3) is 0 Å². The molecule has 0 radical (unpaired) electrons. The third kappa shape index (κ3) is 3.78. The number of nitro groups is 1. The number of para-hydroxylation sites is 1. The summed E-state index contributed by atoms with van der Waals surface area (Å²) >= 11 is 0. The fourth-order valence-corrected chi connectivity index (χ4v) is 1.59. The van der Waals surface area contributed by atoms with Crippen LogP contribution in [-0.4, -0.2) is 36.2 Å². The van der Waals surface area contributed by atoms with Crippen molar-refractivity contribution in [3.63, 3.8) is 0 Å². The molecule has 0 fully saturated rings. The predicted molar refractivity (Wildman–Crippen MR) is 71.3 cm³/mol. The summed E-state index contributed by atoms with van der Waals surface area (Å²) in [5.41, 5.74) is -0.486. The summed E-state index contributed by atoms with van der Waals surface area (Å²) in [4.78, 5) is 33.1. The second kappa shape index (κ2) is 7.04. The Morgan fingerprint density at radius 1 is 1.29 bits per heavy atom. The van der Waals surface area contributed by atoms with Gasteiger partial charge in [-0.1, -0.05) is 18.2 Å². The molecule has 0 heterocycles. The lowest BCUT2D eigenvalue weighted by atomic mass is 10.1. The zero-order valence-electron chi connectivity index (χ0n) is 11.3. The van der Waals surface area contributed by atoms with Gasteiger partial charge in [-0.25, -0.2) is 0 Å². The van der Waals surface area contributed by atoms with E-state index in [-0.39, 0.29) is 5.56 Å². The molecular formula is C13H13NO7. The highest BCUT2D eigenvalue weighted by molar-refractivity contribution is 5.97. The Balaban J connectivity index is 3.18. The number of phenolic OH excluding ortho intramolecular Hbond substituents is 1. The molecule has 1 aromatic carbocycles. The molecule has 112 valence electrons. The molecule has 0 aliphatic rings. The Kier molecular flexibility index (Phi) is 5.41. The minimum Gasteiger partial charge on any atom is -0.502 e. The standard InChI is InChI=1S/C13H13NO7/c1-20-12(16)9(13(17)21-2)7-6-8-4-3-5-10(15)11(8)14(18)19/h3-7,9,15H,1-2H3/b7-6+. The first-order chi connectivity index (χ1) is 9.92. The number of nitrogens with zero attached hydrogens (tertiary/aromatic N) is 1. The number of benzene rings is 1. The summed E-state index contributed by atoms with van der Waals surface area (Å²) in [6, 6.07) is 3.92. The highest BCUT2D eigenvalue weighted by Gasteiger charge is 2.26. The molecule has 0 atom stereocenters. The van der Waals surface area contributed by atoms with E-state index < -0.39 is 34.2 Å². The first-order valence-electron chi connectivity index (χ1n) is 5.72. The molecule has 0 amide bonds. The molecule has 0 unspecified atom stereocenters. The molecule has 21 heavy (non-hydrogen) atoms. The zero-order valence-corrected chi connectivity index (χ0v) is 11.3. The van der Waals surface area contributed by atoms with Gasteiger partial charge >= 0.3 is 17.6 Å². The van der Waals surface area contributed by atoms with Crippen LogP contribution >= 0.6 is 0 Å². The topological polar surface area (TPSA) is 116 Å². The van der Waals surface area contributed by atoms with Gasteiger partial charge < -0.3 is 14.6 Å². The van der Waals surface area contributed by atoms with E-state index >= 15 is 0 Å². The minimum absolute atomic E-state index is 0.0396. The lowest BCUT2D eigenvalue weighted by Gasteiger charge is -2.07. The van der Waals surface area contributed by atoms with E-state index in [0.29, 0.717) is 0 Å². The average Bonchev–Trinajstić information content (AvgIpc) is 2.46. The van der Waals surface area contributed by atoms with E-state index in [0.717, 1.165) is 26.4 Å². The average molecular weight is 295 g/mol. The van der Waals surface area contributed by atoms with Gasteiger partial charge in [0.05, 0.1) is 24.7 Å². The lowest BCUT2D eigenvalue weighted by molar-refractivity contribution is -0.386. The molecule has 0 aliphatic carbocycles. The van der Waals surface area contributed by atoms with E-state index in [1.54, 1.807) is 0 Å². The Morgan fingerprint density at radius 3 is 2.33 bits per heavy atom. The van der Waals surface area contributed by atoms with Gasteiger partial charge in [0.15, 0.2) is 11.7 Å². The van der Waals surface area contributed by atoms with Gasteiger partial charge in [-0.2, -0.15) is 0 Å². The predicted octanol–water partition coefficient (Wildman–Crippen LogP) is 1.28. The molecular weight excluding hydrogens is 282 g/mol. The number of hydrogen-bond donors (Lipinski definition) is 1. The lowest BCUT2D eigenvalue weighted by Crippen LogP contribution is -2.24. The zero-order chi connectivity index (χ0) is 16.0. The summed E-state index contributed by atoms with van der Waals surface area (Å²) in [7, 11) is 2.20. The van der Waals surface area contributed by atoms with Gasteiger partial charge in [-0.15, -0.1) is 0 Å². The minimum atomic E-state index is -1.35. The number of nitro benzene ring substituents is 1. The Bertz CT molecular complexity index is 578. The van der Waals surface area contributed by atoms with Crippen LogP contribution in [0.5, 0.6) is 5.75 Å². The third-order valence-electron chi connectivity index (χ3n) is 2.61. The van der Waals surface area contributed by atoms with Gasteiger partial charge in [-0.05, 0) is 12.1 Å². The number of carbonyl (C=O) groups is 2. The third-order valence-corrected chi connectivity index (χ3v) is 2.61. The van der Waals surface area contributed by atoms with Crippen LogP contribution in [0.15, 0.2) is 24.3 Å². The highest BCUT2D eigenvalue weighted by Crippen LogP contribution is 2.30. The molecule has 0 bridgehead atoms. The van der Waals surface area contributed by atoms with Crippen molar-refractivity contribution in [1.82, 2.24) is 0 Å². The van der Waals surface area contributed by atoms with Gasteiger partial charge in [0, 0.05) is 0 Å². The van der Waals surface area contributed by atoms with Crippen LogP contribution in [0.3, 0.4) is 0 Å². The molecule has 0 spiro atoms. The number of phenols is 1. The molecule has 8 nitrogen and oxygen atoms in total. The molecule has 0 aromatic heterocycles. The monoisotopic (exact) mass is 295 g/mol. The summed E-state index contributed by atoms with van der Waals surface area (Å²) < 4.78 is 8.90. The van der Waals surface area contributed by atoms with E-state index in [1.807, 2.05) is 0 Å². The van der Waals surface area contributed by atoms with E-state index in [9.17, 15) is 24.8 Å². The van der Waals surface area contributed by atoms with Crippen molar-refractivity contribution >= 4 is 23.7 Å². The van der Waals surface area contributed by atoms with Crippen molar-refractivity contribution in [3.05, 3.63) is 40.0 Å². The molecule has 0 saturated carbocycles. The van der Waals surface area contributed by atoms with Crippen molar-refractivity contribution in [3.8, 4) is 5.75 Å². The normalized spacial score (nSPS) is 10.6. The van der Waals surface area contributed by atoms with E-state index in [4.69, 9.17) is 0 Å². The van der Waals surface area contributed by atoms with Crippen LogP contribution in [0.4, 0.5) is 5.69 Å². The van der Waals surface area contributed by atoms with Crippen molar-refractivity contribution in [2.45, 2.75) is 0 Å². The first-order valence-corrected chi connectivity index (χ1v) is 5.72. The fourth-order valence-electron chi connectivity index (χ4n) is 1.59. The molecule has 1 aromatic rings. The van der Waals surface area contributed by atoms with Crippen LogP contribution in [0.25, 0.3) is 6.08 Å². The maximum absolute atomic E-state index is 11.5. The number of aromatic hydroxyl groups is 1. The number of methoxy groups -OCH3 is 2. The molecule has 8 heteroatoms. The SMILES string of the molecule is COC(=O)C(/C=C/c1cccc(O)c1[N+](=O)[O-])C(=O)OC. The van der Waals surface area contributed by atoms with E-state index in [2.05, 4.69) is 9.47 Å². The number of rotatable bonds is 5. The molecule has 0 saturated heterocycles. The van der Waals surface area contributed by atoms with Crippen LogP contribution in [0, 0.1) is 16.0 Å². The fraction of sp³-hybridized carbons (Fsp3) is 0.231. The van der Waals surface area contributed by atoms with Crippen molar-refractivity contribution in [1.29, 1.82) is 0 Å². The molecule has 1 rings (SSSR count). The molecule has 0 aliphatic heterocycles. The molecule has 1 N–H and O–H groups in total. The van der Waals surface area contributed by atoms with Gasteiger partial charge in [0.2, 0.25) is 0 Å². The number of ether oxygens (including phenoxy) is 2. The van der Waals surface area contributed by atoms with E-state index in [1.165, 1.54) is 18.2 Å². The second-order valence-corrected chi connectivity index (χ2v) is 3.86. The number of carbonyl (C=O) groups excluding carboxylic acids is 2. The first kappa shape index (κ1) is 16.2. The number of esters is 2. The van der Waals surface area contributed by atoms with Crippen molar-refractivity contribution < 1.29 is 29.1 Å². The van der Waals surface area contributed by atoms with Crippen LogP contribution in [0.2, 0.25) is 0 Å². The highest BCUT2D eigenvalue weighted by atomic mass is 16.6. The van der Waals surface area contributed by atoms with Crippen LogP contribution < -0.4 is 0 Å².